The summed E-state index contributed by atoms with van der Waals surface area (Å²) in [5.41, 5.74) is 0.856. The van der Waals surface area contributed by atoms with Crippen LogP contribution >= 0.6 is 11.8 Å². The lowest BCUT2D eigenvalue weighted by molar-refractivity contribution is -0.144. The first-order valence-electron chi connectivity index (χ1n) is 6.99. The summed E-state index contributed by atoms with van der Waals surface area (Å²) in [7, 11) is 0. The van der Waals surface area contributed by atoms with E-state index in [1.54, 1.807) is 4.90 Å². The fourth-order valence-corrected chi connectivity index (χ4v) is 4.05. The molecule has 1 aromatic carbocycles. The predicted octanol–water partition coefficient (Wildman–Crippen LogP) is 1.58. The Morgan fingerprint density at radius 2 is 2.05 bits per heavy atom. The molecule has 1 aromatic rings. The molecular formula is C15H18N2O2S. The zero-order chi connectivity index (χ0) is 13.9. The van der Waals surface area contributed by atoms with Crippen molar-refractivity contribution in [2.45, 2.75) is 24.1 Å². The van der Waals surface area contributed by atoms with Crippen molar-refractivity contribution in [1.82, 2.24) is 10.2 Å². The molecule has 4 nitrogen and oxygen atoms in total. The maximum Gasteiger partial charge on any atom is 0.250 e. The molecule has 3 rings (SSSR count). The number of hydrogen-bond acceptors (Lipinski definition) is 3. The van der Waals surface area contributed by atoms with Crippen molar-refractivity contribution in [2.75, 3.05) is 18.8 Å². The van der Waals surface area contributed by atoms with Crippen LogP contribution in [0.3, 0.4) is 0 Å². The van der Waals surface area contributed by atoms with Crippen LogP contribution in [0.25, 0.3) is 0 Å². The highest BCUT2D eigenvalue weighted by molar-refractivity contribution is 8.00. The minimum absolute atomic E-state index is 0.0169. The van der Waals surface area contributed by atoms with Gasteiger partial charge in [0.05, 0.1) is 6.54 Å². The molecule has 0 saturated carbocycles. The van der Waals surface area contributed by atoms with Gasteiger partial charge in [-0.05, 0) is 24.2 Å². The van der Waals surface area contributed by atoms with Gasteiger partial charge in [-0.1, -0.05) is 30.3 Å². The third-order valence-corrected chi connectivity index (χ3v) is 5.16. The van der Waals surface area contributed by atoms with E-state index in [1.165, 1.54) is 12.2 Å². The predicted molar refractivity (Wildman–Crippen MR) is 79.4 cm³/mol. The molecule has 0 aromatic heterocycles. The number of piperazine rings is 1. The Labute approximate surface area is 122 Å². The second-order valence-electron chi connectivity index (χ2n) is 5.26. The van der Waals surface area contributed by atoms with Crippen LogP contribution in [0.15, 0.2) is 30.3 Å². The van der Waals surface area contributed by atoms with Crippen LogP contribution in [0, 0.1) is 0 Å². The van der Waals surface area contributed by atoms with E-state index in [9.17, 15) is 9.59 Å². The molecule has 106 valence electrons. The number of amides is 2. The first kappa shape index (κ1) is 13.5. The van der Waals surface area contributed by atoms with Crippen LogP contribution < -0.4 is 5.32 Å². The van der Waals surface area contributed by atoms with Crippen LogP contribution in [0.4, 0.5) is 0 Å². The molecular weight excluding hydrogens is 272 g/mol. The van der Waals surface area contributed by atoms with Crippen molar-refractivity contribution < 1.29 is 9.59 Å². The molecule has 2 unspecified atom stereocenters. The lowest BCUT2D eigenvalue weighted by atomic mass is 10.0. The third-order valence-electron chi connectivity index (χ3n) is 3.78. The fraction of sp³-hybridized carbons (Fsp3) is 0.467. The Hall–Kier alpha value is -1.49. The lowest BCUT2D eigenvalue weighted by Crippen LogP contribution is -2.54. The van der Waals surface area contributed by atoms with Gasteiger partial charge < -0.3 is 10.2 Å². The van der Waals surface area contributed by atoms with Crippen molar-refractivity contribution in [1.29, 1.82) is 0 Å². The SMILES string of the molecule is O=C1CN(CC2CCCS2)C(=O)C(c2ccccc2)N1. The highest BCUT2D eigenvalue weighted by Crippen LogP contribution is 2.28. The molecule has 0 spiro atoms. The van der Waals surface area contributed by atoms with E-state index in [0.717, 1.165) is 12.0 Å². The summed E-state index contributed by atoms with van der Waals surface area (Å²) in [4.78, 5) is 26.1. The molecule has 2 aliphatic heterocycles. The van der Waals surface area contributed by atoms with E-state index < -0.39 is 6.04 Å². The molecule has 2 saturated heterocycles. The summed E-state index contributed by atoms with van der Waals surface area (Å²) in [6.45, 7) is 0.888. The van der Waals surface area contributed by atoms with Gasteiger partial charge >= 0.3 is 0 Å². The normalized spacial score (nSPS) is 26.7. The number of rotatable bonds is 3. The van der Waals surface area contributed by atoms with Gasteiger partial charge in [0.2, 0.25) is 11.8 Å². The van der Waals surface area contributed by atoms with Crippen LogP contribution in [0.2, 0.25) is 0 Å². The second kappa shape index (κ2) is 5.87. The number of nitrogens with zero attached hydrogens (tertiary/aromatic N) is 1. The van der Waals surface area contributed by atoms with Crippen molar-refractivity contribution in [3.63, 3.8) is 0 Å². The summed E-state index contributed by atoms with van der Waals surface area (Å²) in [6, 6.07) is 8.93. The topological polar surface area (TPSA) is 49.4 Å². The van der Waals surface area contributed by atoms with Crippen molar-refractivity contribution in [3.05, 3.63) is 35.9 Å². The van der Waals surface area contributed by atoms with Crippen molar-refractivity contribution in [3.8, 4) is 0 Å². The van der Waals surface area contributed by atoms with E-state index in [0.29, 0.717) is 11.8 Å². The summed E-state index contributed by atoms with van der Waals surface area (Å²) >= 11 is 1.91. The number of hydrogen-bond donors (Lipinski definition) is 1. The third kappa shape index (κ3) is 2.82. The zero-order valence-corrected chi connectivity index (χ0v) is 12.1. The van der Waals surface area contributed by atoms with Crippen LogP contribution in [-0.4, -0.2) is 40.8 Å². The van der Waals surface area contributed by atoms with Crippen molar-refractivity contribution >= 4 is 23.6 Å². The Bertz CT molecular complexity index is 500. The number of nitrogens with one attached hydrogen (secondary N) is 1. The van der Waals surface area contributed by atoms with E-state index in [4.69, 9.17) is 0 Å². The summed E-state index contributed by atoms with van der Waals surface area (Å²) in [5, 5.41) is 3.29. The molecule has 20 heavy (non-hydrogen) atoms. The zero-order valence-electron chi connectivity index (χ0n) is 11.2. The molecule has 2 aliphatic rings. The van der Waals surface area contributed by atoms with Gasteiger partial charge in [-0.25, -0.2) is 0 Å². The molecule has 2 fully saturated rings. The number of carbonyl (C=O) groups is 2. The van der Waals surface area contributed by atoms with Gasteiger partial charge in [0, 0.05) is 11.8 Å². The minimum Gasteiger partial charge on any atom is -0.339 e. The number of carbonyl (C=O) groups excluding carboxylic acids is 2. The lowest BCUT2D eigenvalue weighted by Gasteiger charge is -2.34. The second-order valence-corrected chi connectivity index (χ2v) is 6.67. The smallest absolute Gasteiger partial charge is 0.250 e. The average molecular weight is 290 g/mol. The van der Waals surface area contributed by atoms with Crippen LogP contribution in [0.5, 0.6) is 0 Å². The van der Waals surface area contributed by atoms with Crippen molar-refractivity contribution in [2.24, 2.45) is 0 Å². The molecule has 0 bridgehead atoms. The number of benzene rings is 1. The highest BCUT2D eigenvalue weighted by Gasteiger charge is 2.35. The molecule has 2 amide bonds. The van der Waals surface area contributed by atoms with E-state index >= 15 is 0 Å². The molecule has 1 N–H and O–H groups in total. The fourth-order valence-electron chi connectivity index (χ4n) is 2.76. The molecule has 2 heterocycles. The molecule has 5 heteroatoms. The first-order valence-corrected chi connectivity index (χ1v) is 8.03. The van der Waals surface area contributed by atoms with Gasteiger partial charge in [0.15, 0.2) is 0 Å². The van der Waals surface area contributed by atoms with Crippen LogP contribution in [0.1, 0.15) is 24.4 Å². The average Bonchev–Trinajstić information content (AvgIpc) is 2.96. The summed E-state index contributed by atoms with van der Waals surface area (Å²) in [6.07, 6.45) is 2.36. The maximum atomic E-state index is 12.6. The molecule has 2 atom stereocenters. The van der Waals surface area contributed by atoms with E-state index in [1.807, 2.05) is 42.1 Å². The number of thioether (sulfide) groups is 1. The van der Waals surface area contributed by atoms with Crippen LogP contribution in [-0.2, 0) is 9.59 Å². The highest BCUT2D eigenvalue weighted by atomic mass is 32.2. The van der Waals surface area contributed by atoms with Gasteiger partial charge in [-0.3, -0.25) is 9.59 Å². The van der Waals surface area contributed by atoms with Gasteiger partial charge in [-0.15, -0.1) is 0 Å². The van der Waals surface area contributed by atoms with E-state index in [2.05, 4.69) is 5.32 Å². The Morgan fingerprint density at radius 1 is 1.25 bits per heavy atom. The van der Waals surface area contributed by atoms with Gasteiger partial charge in [0.1, 0.15) is 6.04 Å². The Kier molecular flexibility index (Phi) is 3.96. The Balaban J connectivity index is 1.75. The molecule has 0 radical (unpaired) electrons. The first-order chi connectivity index (χ1) is 9.74. The largest absolute Gasteiger partial charge is 0.339 e. The summed E-state index contributed by atoms with van der Waals surface area (Å²) < 4.78 is 0. The maximum absolute atomic E-state index is 12.6. The molecule has 0 aliphatic carbocycles. The minimum atomic E-state index is -0.524. The monoisotopic (exact) mass is 290 g/mol. The van der Waals surface area contributed by atoms with Gasteiger partial charge in [-0.2, -0.15) is 11.8 Å². The quantitative estimate of drug-likeness (QED) is 0.919. The van der Waals surface area contributed by atoms with Gasteiger partial charge in [0.25, 0.3) is 0 Å². The Morgan fingerprint density at radius 3 is 2.75 bits per heavy atom. The summed E-state index contributed by atoms with van der Waals surface area (Å²) in [5.74, 6) is 1.12. The standard InChI is InChI=1S/C15H18N2O2S/c18-13-10-17(9-12-7-4-8-20-12)15(19)14(16-13)11-5-2-1-3-6-11/h1-3,5-6,12,14H,4,7-10H2,(H,16,18). The van der Waals surface area contributed by atoms with E-state index in [-0.39, 0.29) is 18.4 Å².